The minimum atomic E-state index is -1.41. The van der Waals surface area contributed by atoms with E-state index in [2.05, 4.69) is 6.92 Å². The van der Waals surface area contributed by atoms with Crippen LogP contribution in [0.5, 0.6) is 5.75 Å². The van der Waals surface area contributed by atoms with Gasteiger partial charge in [-0.2, -0.15) is 5.26 Å². The lowest BCUT2D eigenvalue weighted by molar-refractivity contribution is 0.0723. The molecule has 0 spiro atoms. The Kier molecular flexibility index (Phi) is 6.21. The second kappa shape index (κ2) is 8.64. The molecular formula is C22H19F4NO2. The SMILES string of the molecule is CCC1CCC(c2cc(F)c(C(=O)Oc3cc(F)c(C#N)c(F)c3)c(F)c2)CC1. The van der Waals surface area contributed by atoms with Crippen molar-refractivity contribution in [3.05, 3.63) is 64.2 Å². The Labute approximate surface area is 165 Å². The smallest absolute Gasteiger partial charge is 0.349 e. The summed E-state index contributed by atoms with van der Waals surface area (Å²) in [4.78, 5) is 12.2. The summed E-state index contributed by atoms with van der Waals surface area (Å²) in [5.74, 6) is -6.01. The van der Waals surface area contributed by atoms with E-state index in [1.807, 2.05) is 0 Å². The summed E-state index contributed by atoms with van der Waals surface area (Å²) in [6.45, 7) is 2.12. The highest BCUT2D eigenvalue weighted by Crippen LogP contribution is 2.38. The third-order valence-corrected chi connectivity index (χ3v) is 5.50. The zero-order chi connectivity index (χ0) is 21.1. The van der Waals surface area contributed by atoms with Crippen LogP contribution >= 0.6 is 0 Å². The standard InChI is InChI=1S/C22H19F4NO2/c1-2-12-3-5-13(6-4-12)14-7-19(25)21(20(26)8-14)22(28)29-15-9-17(23)16(11-27)18(24)10-15/h7-10,12-13H,2-6H2,1H3. The molecule has 1 saturated carbocycles. The summed E-state index contributed by atoms with van der Waals surface area (Å²) < 4.78 is 61.0. The number of halogens is 4. The molecule has 0 unspecified atom stereocenters. The van der Waals surface area contributed by atoms with Gasteiger partial charge >= 0.3 is 5.97 Å². The highest BCUT2D eigenvalue weighted by Gasteiger charge is 2.26. The van der Waals surface area contributed by atoms with Crippen molar-refractivity contribution in [1.29, 1.82) is 5.26 Å². The molecule has 1 aliphatic carbocycles. The molecule has 0 amide bonds. The molecule has 2 aromatic rings. The van der Waals surface area contributed by atoms with Crippen molar-refractivity contribution in [3.8, 4) is 11.8 Å². The van der Waals surface area contributed by atoms with Gasteiger partial charge < -0.3 is 4.74 Å². The van der Waals surface area contributed by atoms with Crippen LogP contribution in [0.15, 0.2) is 24.3 Å². The van der Waals surface area contributed by atoms with Gasteiger partial charge in [0.1, 0.15) is 46.2 Å². The number of hydrogen-bond donors (Lipinski definition) is 0. The van der Waals surface area contributed by atoms with E-state index in [9.17, 15) is 22.4 Å². The molecular weight excluding hydrogens is 386 g/mol. The van der Waals surface area contributed by atoms with E-state index in [1.165, 1.54) is 6.07 Å². The molecule has 0 saturated heterocycles. The Hall–Kier alpha value is -2.88. The van der Waals surface area contributed by atoms with Crippen LogP contribution in [0, 0.1) is 40.5 Å². The Balaban J connectivity index is 1.81. The lowest BCUT2D eigenvalue weighted by atomic mass is 9.77. The third-order valence-electron chi connectivity index (χ3n) is 5.50. The number of nitrogens with zero attached hydrogens (tertiary/aromatic N) is 1. The van der Waals surface area contributed by atoms with E-state index in [0.717, 1.165) is 44.2 Å². The highest BCUT2D eigenvalue weighted by molar-refractivity contribution is 5.91. The molecule has 0 radical (unpaired) electrons. The zero-order valence-corrected chi connectivity index (χ0v) is 15.8. The van der Waals surface area contributed by atoms with Crippen LogP contribution in [0.1, 0.15) is 66.4 Å². The minimum Gasteiger partial charge on any atom is -0.423 e. The summed E-state index contributed by atoms with van der Waals surface area (Å²) in [5, 5.41) is 8.65. The van der Waals surface area contributed by atoms with Crippen molar-refractivity contribution >= 4 is 5.97 Å². The van der Waals surface area contributed by atoms with Gasteiger partial charge in [-0.3, -0.25) is 0 Å². The van der Waals surface area contributed by atoms with Gasteiger partial charge in [-0.05, 0) is 55.2 Å². The van der Waals surface area contributed by atoms with Crippen molar-refractivity contribution in [2.75, 3.05) is 0 Å². The second-order valence-electron chi connectivity index (χ2n) is 7.25. The molecule has 3 nitrogen and oxygen atoms in total. The number of benzene rings is 2. The fourth-order valence-corrected chi connectivity index (χ4v) is 3.80. The predicted octanol–water partition coefficient (Wildman–Crippen LogP) is 6.02. The summed E-state index contributed by atoms with van der Waals surface area (Å²) in [6, 6.07) is 4.78. The van der Waals surface area contributed by atoms with E-state index in [4.69, 9.17) is 10.00 Å². The molecule has 152 valence electrons. The molecule has 2 aromatic carbocycles. The average molecular weight is 405 g/mol. The van der Waals surface area contributed by atoms with E-state index >= 15 is 0 Å². The lowest BCUT2D eigenvalue weighted by Crippen LogP contribution is -2.16. The molecule has 0 atom stereocenters. The van der Waals surface area contributed by atoms with Crippen molar-refractivity contribution in [3.63, 3.8) is 0 Å². The average Bonchev–Trinajstić information content (AvgIpc) is 2.67. The number of hydrogen-bond acceptors (Lipinski definition) is 3. The van der Waals surface area contributed by atoms with E-state index in [1.54, 1.807) is 0 Å². The van der Waals surface area contributed by atoms with Crippen molar-refractivity contribution in [2.45, 2.75) is 44.9 Å². The van der Waals surface area contributed by atoms with Crippen molar-refractivity contribution < 1.29 is 27.1 Å². The molecule has 0 heterocycles. The first-order valence-electron chi connectivity index (χ1n) is 9.44. The monoisotopic (exact) mass is 405 g/mol. The maximum absolute atomic E-state index is 14.5. The Morgan fingerprint density at radius 3 is 2.03 bits per heavy atom. The fraction of sp³-hybridized carbons (Fsp3) is 0.364. The van der Waals surface area contributed by atoms with Gasteiger partial charge in [-0.25, -0.2) is 22.4 Å². The van der Waals surface area contributed by atoms with Crippen LogP contribution in [0.3, 0.4) is 0 Å². The molecule has 0 bridgehead atoms. The van der Waals surface area contributed by atoms with Crippen molar-refractivity contribution in [2.24, 2.45) is 5.92 Å². The molecule has 0 aliphatic heterocycles. The van der Waals surface area contributed by atoms with E-state index < -0.39 is 46.1 Å². The lowest BCUT2D eigenvalue weighted by Gasteiger charge is -2.28. The predicted molar refractivity (Wildman–Crippen MR) is 97.4 cm³/mol. The molecule has 0 aromatic heterocycles. The summed E-state index contributed by atoms with van der Waals surface area (Å²) in [5.41, 5.74) is -1.29. The quantitative estimate of drug-likeness (QED) is 0.355. The zero-order valence-electron chi connectivity index (χ0n) is 15.8. The number of esters is 1. The van der Waals surface area contributed by atoms with Gasteiger partial charge in [0.2, 0.25) is 0 Å². The van der Waals surface area contributed by atoms with Crippen LogP contribution in [-0.2, 0) is 0 Å². The van der Waals surface area contributed by atoms with Crippen LogP contribution < -0.4 is 4.74 Å². The molecule has 29 heavy (non-hydrogen) atoms. The Morgan fingerprint density at radius 1 is 1.00 bits per heavy atom. The minimum absolute atomic E-state index is 0.0218. The molecule has 0 N–H and O–H groups in total. The normalized spacial score (nSPS) is 18.9. The molecule has 7 heteroatoms. The van der Waals surface area contributed by atoms with Crippen LogP contribution in [0.4, 0.5) is 17.6 Å². The summed E-state index contributed by atoms with van der Waals surface area (Å²) >= 11 is 0. The number of carbonyl (C=O) groups excluding carboxylic acids is 1. The third kappa shape index (κ3) is 4.42. The largest absolute Gasteiger partial charge is 0.423 e. The van der Waals surface area contributed by atoms with Crippen LogP contribution in [-0.4, -0.2) is 5.97 Å². The van der Waals surface area contributed by atoms with Gasteiger partial charge in [-0.1, -0.05) is 13.3 Å². The fourth-order valence-electron chi connectivity index (χ4n) is 3.80. The van der Waals surface area contributed by atoms with Gasteiger partial charge in [0.05, 0.1) is 0 Å². The maximum atomic E-state index is 14.5. The van der Waals surface area contributed by atoms with Crippen LogP contribution in [0.25, 0.3) is 0 Å². The van der Waals surface area contributed by atoms with E-state index in [0.29, 0.717) is 23.6 Å². The van der Waals surface area contributed by atoms with E-state index in [-0.39, 0.29) is 5.92 Å². The molecule has 1 fully saturated rings. The van der Waals surface area contributed by atoms with Gasteiger partial charge in [-0.15, -0.1) is 0 Å². The summed E-state index contributed by atoms with van der Waals surface area (Å²) in [7, 11) is 0. The second-order valence-corrected chi connectivity index (χ2v) is 7.25. The van der Waals surface area contributed by atoms with Gasteiger partial charge in [0.15, 0.2) is 0 Å². The highest BCUT2D eigenvalue weighted by atomic mass is 19.1. The summed E-state index contributed by atoms with van der Waals surface area (Å²) in [6.07, 6.45) is 4.71. The van der Waals surface area contributed by atoms with Gasteiger partial charge in [0.25, 0.3) is 0 Å². The first-order chi connectivity index (χ1) is 13.8. The first-order valence-corrected chi connectivity index (χ1v) is 9.44. The van der Waals surface area contributed by atoms with Crippen molar-refractivity contribution in [1.82, 2.24) is 0 Å². The molecule has 1 aliphatic rings. The topological polar surface area (TPSA) is 50.1 Å². The first kappa shape index (κ1) is 20.8. The molecule has 3 rings (SSSR count). The number of rotatable bonds is 4. The Morgan fingerprint density at radius 2 is 1.55 bits per heavy atom. The number of carbonyl (C=O) groups is 1. The Bertz CT molecular complexity index is 929. The number of nitriles is 1. The van der Waals surface area contributed by atoms with Crippen LogP contribution in [0.2, 0.25) is 0 Å². The van der Waals surface area contributed by atoms with Gasteiger partial charge in [0, 0.05) is 12.1 Å². The number of ether oxygens (including phenoxy) is 1. The maximum Gasteiger partial charge on any atom is 0.349 e.